The summed E-state index contributed by atoms with van der Waals surface area (Å²) in [6.07, 6.45) is 0. The molecule has 0 aliphatic rings. The molecular weight excluding hydrogens is 1840 g/mol. The fraction of sp³-hybridized carbons (Fsp3) is 0. The third-order valence-electron chi connectivity index (χ3n) is 28.5. The standard InChI is InChI=1S/3C45H27N3S/c1-3-14-28(15-4-1)43-46-44(29-16-5-2-6-17-29)48-45(47-43)39-27-30(31-23-13-24-37-35-21-11-12-25-40(35)49-42(31)37)26-38-34-20-8-7-18-32(34)33-19-9-10-22-36(33)41(38)39;1-3-13-28(14-4-1)43-46-44(29-15-5-2-6-16-29)48-45(47-43)39-26-31(30-23-24-36-35-20-11-12-22-40(35)49-41(36)27-30)25-38-34-19-8-7-17-32(34)33-18-9-10-21-37(33)42(38)39;1-3-13-28(14-4-1)43-46-44(29-15-5-2-6-16-29)48-45(47-43)39-27-31(30-23-24-41-37(25-30)35-20-11-12-22-40(35)49-41)26-38-34-19-8-7-17-32(34)33-18-9-10-21-36(33)42(38)39/h3*1-27H. The van der Waals surface area contributed by atoms with E-state index in [0.29, 0.717) is 52.4 Å². The molecule has 684 valence electrons. The van der Waals surface area contributed by atoms with Gasteiger partial charge in [0.05, 0.1) is 0 Å². The Hall–Kier alpha value is -18.7. The molecule has 0 saturated heterocycles. The minimum absolute atomic E-state index is 0.652. The molecule has 0 bridgehead atoms. The van der Waals surface area contributed by atoms with E-state index in [0.717, 1.165) is 88.5 Å². The number of aromatic nitrogens is 9. The zero-order valence-corrected chi connectivity index (χ0v) is 81.5. The van der Waals surface area contributed by atoms with Crippen molar-refractivity contribution in [3.63, 3.8) is 0 Å². The molecule has 9 nitrogen and oxygen atoms in total. The van der Waals surface area contributed by atoms with Crippen LogP contribution in [-0.2, 0) is 0 Å². The Kier molecular flexibility index (Phi) is 21.3. The summed E-state index contributed by atoms with van der Waals surface area (Å²) >= 11 is 5.54. The molecule has 24 aromatic carbocycles. The first kappa shape index (κ1) is 86.2. The molecule has 0 radical (unpaired) electrons. The summed E-state index contributed by atoms with van der Waals surface area (Å²) in [5.74, 6) is 5.88. The lowest BCUT2D eigenvalue weighted by molar-refractivity contribution is 1.08. The summed E-state index contributed by atoms with van der Waals surface area (Å²) in [4.78, 5) is 46.5. The topological polar surface area (TPSA) is 116 Å². The van der Waals surface area contributed by atoms with Crippen molar-refractivity contribution in [3.8, 4) is 136 Å². The molecule has 0 atom stereocenters. The number of fused-ring (bicyclic) bond motifs is 27. The van der Waals surface area contributed by atoms with E-state index in [1.165, 1.54) is 152 Å². The van der Waals surface area contributed by atoms with Crippen molar-refractivity contribution in [1.29, 1.82) is 0 Å². The van der Waals surface area contributed by atoms with Gasteiger partial charge in [0, 0.05) is 127 Å². The van der Waals surface area contributed by atoms with Crippen LogP contribution >= 0.6 is 34.0 Å². The zero-order valence-electron chi connectivity index (χ0n) is 79.0. The van der Waals surface area contributed by atoms with Crippen molar-refractivity contribution < 1.29 is 0 Å². The average Bonchev–Trinajstić information content (AvgIpc) is 1.04. The number of hydrogen-bond donors (Lipinski definition) is 0. The maximum Gasteiger partial charge on any atom is 0.164 e. The Morgan fingerprint density at radius 3 is 0.701 bits per heavy atom. The van der Waals surface area contributed by atoms with Crippen LogP contribution in [0, 0.1) is 0 Å². The van der Waals surface area contributed by atoms with Crippen LogP contribution in [0.25, 0.3) is 293 Å². The number of benzene rings is 24. The minimum atomic E-state index is 0.652. The molecule has 0 spiro atoms. The lowest BCUT2D eigenvalue weighted by Gasteiger charge is -2.17. The van der Waals surface area contributed by atoms with Crippen molar-refractivity contribution in [2.45, 2.75) is 0 Å². The Morgan fingerprint density at radius 1 is 0.109 bits per heavy atom. The Labute approximate surface area is 856 Å². The van der Waals surface area contributed by atoms with Gasteiger partial charge in [-0.2, -0.15) is 0 Å². The van der Waals surface area contributed by atoms with Gasteiger partial charge >= 0.3 is 0 Å². The van der Waals surface area contributed by atoms with Gasteiger partial charge in [-0.3, -0.25) is 0 Å². The Balaban J connectivity index is 0.000000107. The fourth-order valence-corrected chi connectivity index (χ4v) is 25.2. The maximum atomic E-state index is 5.25. The molecule has 0 N–H and O–H groups in total. The molecule has 0 saturated carbocycles. The summed E-state index contributed by atoms with van der Waals surface area (Å²) in [5.41, 5.74) is 15.6. The summed E-state index contributed by atoms with van der Waals surface area (Å²) < 4.78 is 7.75. The van der Waals surface area contributed by atoms with Gasteiger partial charge in [-0.05, 0) is 187 Å². The quantitative estimate of drug-likeness (QED) is 0.110. The van der Waals surface area contributed by atoms with E-state index in [1.807, 2.05) is 143 Å². The van der Waals surface area contributed by atoms with Crippen LogP contribution in [0.5, 0.6) is 0 Å². The van der Waals surface area contributed by atoms with Crippen LogP contribution in [0.1, 0.15) is 0 Å². The average molecular weight is 1930 g/mol. The molecule has 0 unspecified atom stereocenters. The van der Waals surface area contributed by atoms with Gasteiger partial charge < -0.3 is 0 Å². The highest BCUT2D eigenvalue weighted by Gasteiger charge is 2.27. The van der Waals surface area contributed by atoms with Crippen molar-refractivity contribution in [3.05, 3.63) is 491 Å². The van der Waals surface area contributed by atoms with E-state index in [9.17, 15) is 0 Å². The summed E-state index contributed by atoms with van der Waals surface area (Å²) in [7, 11) is 0. The first-order valence-electron chi connectivity index (χ1n) is 49.3. The SMILES string of the molecule is c1ccc(-c2nc(-c3ccccc3)nc(-c3cc(-c4ccc5c(c4)sc4ccccc45)cc4c5ccccc5c5ccccc5c34)n2)cc1.c1ccc(-c2nc(-c3ccccc3)nc(-c3cc(-c4ccc5sc6ccccc6c5c4)cc4c5ccccc5c5ccccc5c34)n2)cc1.c1ccc(-c2nc(-c3ccccc3)nc(-c3cc(-c4cccc5c4sc4ccccc45)cc4c5ccccc5c5ccccc5c34)n2)cc1. The summed E-state index contributed by atoms with van der Waals surface area (Å²) in [6.45, 7) is 0. The molecule has 147 heavy (non-hydrogen) atoms. The van der Waals surface area contributed by atoms with E-state index >= 15 is 0 Å². The molecule has 6 heterocycles. The normalized spacial score (nSPS) is 11.7. The molecule has 0 aliphatic heterocycles. The van der Waals surface area contributed by atoms with Crippen molar-refractivity contribution in [2.24, 2.45) is 0 Å². The van der Waals surface area contributed by atoms with Gasteiger partial charge in [-0.15, -0.1) is 34.0 Å². The molecule has 0 amide bonds. The van der Waals surface area contributed by atoms with Crippen LogP contribution in [0.15, 0.2) is 491 Å². The van der Waals surface area contributed by atoms with Crippen LogP contribution in [0.3, 0.4) is 0 Å². The second-order valence-corrected chi connectivity index (χ2v) is 40.3. The summed E-state index contributed by atoms with van der Waals surface area (Å²) in [5, 5.41) is 29.2. The fourth-order valence-electron chi connectivity index (χ4n) is 21.7. The van der Waals surface area contributed by atoms with Gasteiger partial charge in [-0.25, -0.2) is 44.9 Å². The monoisotopic (exact) mass is 1920 g/mol. The molecular formula is C135H81N9S3. The van der Waals surface area contributed by atoms with Gasteiger partial charge in [-0.1, -0.05) is 419 Å². The largest absolute Gasteiger partial charge is 0.208 e. The molecule has 12 heteroatoms. The van der Waals surface area contributed by atoms with Gasteiger partial charge in [0.25, 0.3) is 0 Å². The Bertz CT molecular complexity index is 10300. The molecule has 30 rings (SSSR count). The number of thiophene rings is 3. The van der Waals surface area contributed by atoms with Crippen LogP contribution in [0.4, 0.5) is 0 Å². The molecule has 0 fully saturated rings. The zero-order chi connectivity index (χ0) is 96.9. The third-order valence-corrected chi connectivity index (χ3v) is 32.0. The second kappa shape index (κ2) is 36.4. The van der Waals surface area contributed by atoms with Crippen molar-refractivity contribution in [2.75, 3.05) is 0 Å². The van der Waals surface area contributed by atoms with Gasteiger partial charge in [0.1, 0.15) is 0 Å². The highest BCUT2D eigenvalue weighted by atomic mass is 32.1. The lowest BCUT2D eigenvalue weighted by atomic mass is 9.88. The summed E-state index contributed by atoms with van der Waals surface area (Å²) in [6, 6.07) is 174. The first-order chi connectivity index (χ1) is 72.9. The minimum Gasteiger partial charge on any atom is -0.208 e. The van der Waals surface area contributed by atoms with E-state index in [4.69, 9.17) is 44.9 Å². The second-order valence-electron chi connectivity index (χ2n) is 37.1. The van der Waals surface area contributed by atoms with Crippen molar-refractivity contribution in [1.82, 2.24) is 44.9 Å². The molecule has 6 aromatic heterocycles. The smallest absolute Gasteiger partial charge is 0.164 e. The Morgan fingerprint density at radius 2 is 0.340 bits per heavy atom. The first-order valence-corrected chi connectivity index (χ1v) is 51.8. The lowest BCUT2D eigenvalue weighted by Crippen LogP contribution is -2.01. The van der Waals surface area contributed by atoms with Crippen molar-refractivity contribution >= 4 is 191 Å². The van der Waals surface area contributed by atoms with Gasteiger partial charge in [0.15, 0.2) is 52.4 Å². The molecule has 30 aromatic rings. The van der Waals surface area contributed by atoms with E-state index < -0.39 is 0 Å². The van der Waals surface area contributed by atoms with E-state index in [-0.39, 0.29) is 0 Å². The number of nitrogens with zero attached hydrogens (tertiary/aromatic N) is 9. The number of hydrogen-bond acceptors (Lipinski definition) is 12. The predicted octanol–water partition coefficient (Wildman–Crippen LogP) is 37.1. The highest BCUT2D eigenvalue weighted by molar-refractivity contribution is 7.27. The number of rotatable bonds is 12. The predicted molar refractivity (Wildman–Crippen MR) is 621 cm³/mol. The van der Waals surface area contributed by atoms with Crippen LogP contribution in [-0.4, -0.2) is 44.9 Å². The molecule has 0 aliphatic carbocycles. The van der Waals surface area contributed by atoms with E-state index in [2.05, 4.69) is 382 Å². The van der Waals surface area contributed by atoms with Gasteiger partial charge in [0.2, 0.25) is 0 Å². The highest BCUT2D eigenvalue weighted by Crippen LogP contribution is 2.51. The third kappa shape index (κ3) is 15.4. The van der Waals surface area contributed by atoms with E-state index in [1.54, 1.807) is 0 Å². The maximum absolute atomic E-state index is 5.25. The van der Waals surface area contributed by atoms with Crippen LogP contribution in [0.2, 0.25) is 0 Å². The van der Waals surface area contributed by atoms with Crippen LogP contribution < -0.4 is 0 Å².